The lowest BCUT2D eigenvalue weighted by Gasteiger charge is -2.72. The van der Waals surface area contributed by atoms with Gasteiger partial charge < -0.3 is 19.3 Å². The van der Waals surface area contributed by atoms with Crippen LogP contribution in [-0.4, -0.2) is 42.9 Å². The van der Waals surface area contributed by atoms with Gasteiger partial charge in [-0.3, -0.25) is 0 Å². The van der Waals surface area contributed by atoms with E-state index in [1.54, 1.807) is 5.57 Å². The van der Waals surface area contributed by atoms with E-state index in [0.717, 1.165) is 25.9 Å². The number of allylic oxidation sites excluding steroid dienone is 2. The number of ether oxygens (including phenoxy) is 3. The molecule has 4 saturated carbocycles. The van der Waals surface area contributed by atoms with Crippen molar-refractivity contribution in [1.82, 2.24) is 0 Å². The summed E-state index contributed by atoms with van der Waals surface area (Å²) in [4.78, 5) is 0. The number of rotatable bonds is 4. The minimum absolute atomic E-state index is 0.104. The number of hydrogen-bond donors (Lipinski definition) is 1. The highest BCUT2D eigenvalue weighted by Crippen LogP contribution is 2.76. The number of hydrogen-bond acceptors (Lipinski definition) is 4. The van der Waals surface area contributed by atoms with Gasteiger partial charge in [-0.1, -0.05) is 60.1 Å². The standard InChI is InChI=1S/C36H60O4/c1-30(2)21-25-24-11-12-27-33(6)15-14-28-34(7,23-39-31(3,4)40-28)26(33)13-16-36(27,9)35(24,8)18-17-32(25,5)29(22-30)38-20-10-19-37/h11,25-29,37H,10,12-23H2,1-9H3/t25?,26?,27?,28-,29+,32?,33?,34+,35+,36?/m0/s1. The Kier molecular flexibility index (Phi) is 6.89. The first-order valence-electron chi connectivity index (χ1n) is 16.8. The van der Waals surface area contributed by atoms with E-state index in [0.29, 0.717) is 41.3 Å². The predicted octanol–water partition coefficient (Wildman–Crippen LogP) is 8.32. The lowest BCUT2D eigenvalue weighted by atomic mass is 9.33. The number of aliphatic hydroxyl groups excluding tert-OH is 1. The Labute approximate surface area is 245 Å². The lowest BCUT2D eigenvalue weighted by molar-refractivity contribution is -0.351. The van der Waals surface area contributed by atoms with E-state index >= 15 is 0 Å². The molecule has 4 nitrogen and oxygen atoms in total. The molecule has 6 rings (SSSR count). The van der Waals surface area contributed by atoms with Crippen LogP contribution in [0, 0.1) is 50.2 Å². The molecule has 4 heteroatoms. The molecule has 0 amide bonds. The van der Waals surface area contributed by atoms with Crippen molar-refractivity contribution in [1.29, 1.82) is 0 Å². The molecule has 6 unspecified atom stereocenters. The van der Waals surface area contributed by atoms with Gasteiger partial charge in [0.2, 0.25) is 0 Å². The van der Waals surface area contributed by atoms with Crippen LogP contribution in [0.3, 0.4) is 0 Å². The molecule has 0 aromatic carbocycles. The molecule has 10 atom stereocenters. The van der Waals surface area contributed by atoms with Crippen LogP contribution in [0.1, 0.15) is 127 Å². The second-order valence-corrected chi connectivity index (χ2v) is 17.7. The van der Waals surface area contributed by atoms with Crippen molar-refractivity contribution < 1.29 is 19.3 Å². The minimum atomic E-state index is -0.459. The van der Waals surface area contributed by atoms with Crippen LogP contribution in [-0.2, 0) is 14.2 Å². The highest BCUT2D eigenvalue weighted by molar-refractivity contribution is 5.34. The normalized spacial score (nSPS) is 52.8. The first kappa shape index (κ1) is 29.6. The molecule has 1 saturated heterocycles. The first-order valence-corrected chi connectivity index (χ1v) is 16.8. The second-order valence-electron chi connectivity index (χ2n) is 17.7. The van der Waals surface area contributed by atoms with E-state index in [9.17, 15) is 5.11 Å². The molecule has 40 heavy (non-hydrogen) atoms. The molecular weight excluding hydrogens is 496 g/mol. The molecule has 228 valence electrons. The van der Waals surface area contributed by atoms with Crippen molar-refractivity contribution in [2.45, 2.75) is 145 Å². The molecule has 1 N–H and O–H groups in total. The summed E-state index contributed by atoms with van der Waals surface area (Å²) in [6, 6.07) is 0. The van der Waals surface area contributed by atoms with Crippen molar-refractivity contribution in [3.8, 4) is 0 Å². The molecule has 1 heterocycles. The fourth-order valence-electron chi connectivity index (χ4n) is 12.1. The molecular formula is C36H60O4. The van der Waals surface area contributed by atoms with Gasteiger partial charge in [0, 0.05) is 24.0 Å². The summed E-state index contributed by atoms with van der Waals surface area (Å²) in [5, 5.41) is 9.42. The van der Waals surface area contributed by atoms with Gasteiger partial charge in [-0.25, -0.2) is 0 Å². The smallest absolute Gasteiger partial charge is 0.163 e. The lowest BCUT2D eigenvalue weighted by Crippen LogP contribution is -2.68. The van der Waals surface area contributed by atoms with Gasteiger partial charge in [-0.05, 0) is 117 Å². The molecule has 0 aromatic heterocycles. The molecule has 6 aliphatic rings. The Bertz CT molecular complexity index is 1030. The van der Waals surface area contributed by atoms with E-state index in [-0.39, 0.29) is 34.4 Å². The molecule has 0 aromatic rings. The summed E-state index contributed by atoms with van der Waals surface area (Å²) >= 11 is 0. The summed E-state index contributed by atoms with van der Waals surface area (Å²) in [5.41, 5.74) is 3.24. The summed E-state index contributed by atoms with van der Waals surface area (Å²) in [6.45, 7) is 24.0. The first-order chi connectivity index (χ1) is 18.5. The van der Waals surface area contributed by atoms with Gasteiger partial charge in [0.25, 0.3) is 0 Å². The third-order valence-corrected chi connectivity index (χ3v) is 14.6. The summed E-state index contributed by atoms with van der Waals surface area (Å²) in [6.07, 6.45) is 15.3. The Balaban J connectivity index is 1.34. The van der Waals surface area contributed by atoms with Gasteiger partial charge in [0.05, 0.1) is 18.8 Å². The van der Waals surface area contributed by atoms with Gasteiger partial charge in [-0.15, -0.1) is 0 Å². The average molecular weight is 557 g/mol. The zero-order valence-electron chi connectivity index (χ0n) is 27.3. The molecule has 0 spiro atoms. The predicted molar refractivity (Wildman–Crippen MR) is 161 cm³/mol. The van der Waals surface area contributed by atoms with Crippen LogP contribution < -0.4 is 0 Å². The minimum Gasteiger partial charge on any atom is -0.396 e. The van der Waals surface area contributed by atoms with E-state index in [1.807, 2.05) is 0 Å². The van der Waals surface area contributed by atoms with Crippen LogP contribution in [0.2, 0.25) is 0 Å². The maximum atomic E-state index is 9.42. The van der Waals surface area contributed by atoms with Crippen LogP contribution in [0.5, 0.6) is 0 Å². The average Bonchev–Trinajstić information content (AvgIpc) is 2.86. The monoisotopic (exact) mass is 556 g/mol. The van der Waals surface area contributed by atoms with Gasteiger partial charge >= 0.3 is 0 Å². The topological polar surface area (TPSA) is 47.9 Å². The molecule has 5 aliphatic carbocycles. The molecule has 1 aliphatic heterocycles. The second kappa shape index (κ2) is 9.29. The van der Waals surface area contributed by atoms with E-state index < -0.39 is 5.79 Å². The molecule has 0 bridgehead atoms. The summed E-state index contributed by atoms with van der Waals surface area (Å²) < 4.78 is 19.6. The van der Waals surface area contributed by atoms with Gasteiger partial charge in [-0.2, -0.15) is 0 Å². The van der Waals surface area contributed by atoms with Gasteiger partial charge in [0.1, 0.15) is 0 Å². The van der Waals surface area contributed by atoms with Crippen molar-refractivity contribution >= 4 is 0 Å². The molecule has 5 fully saturated rings. The Morgan fingerprint density at radius 2 is 1.60 bits per heavy atom. The maximum absolute atomic E-state index is 9.42. The zero-order chi connectivity index (χ0) is 29.0. The van der Waals surface area contributed by atoms with E-state index in [4.69, 9.17) is 14.2 Å². The van der Waals surface area contributed by atoms with Gasteiger partial charge in [0.15, 0.2) is 5.79 Å². The van der Waals surface area contributed by atoms with Crippen LogP contribution in [0.4, 0.5) is 0 Å². The Hall–Kier alpha value is -0.420. The summed E-state index contributed by atoms with van der Waals surface area (Å²) in [7, 11) is 0. The SMILES string of the molecule is CC1(C)CC2C3=CCC4C5(C)CC[C@@H]6OC(C)(C)OC[C@]6(C)C5CCC4(C)[C@]3(C)CCC2(C)[C@H](OCCCO)C1. The van der Waals surface area contributed by atoms with Crippen LogP contribution in [0.15, 0.2) is 11.6 Å². The third kappa shape index (κ3) is 4.04. The van der Waals surface area contributed by atoms with Crippen LogP contribution >= 0.6 is 0 Å². The van der Waals surface area contributed by atoms with Crippen molar-refractivity contribution in [2.24, 2.45) is 50.2 Å². The number of fused-ring (bicyclic) bond motifs is 9. The highest BCUT2D eigenvalue weighted by Gasteiger charge is 2.70. The van der Waals surface area contributed by atoms with Crippen LogP contribution in [0.25, 0.3) is 0 Å². The van der Waals surface area contributed by atoms with Crippen molar-refractivity contribution in [2.75, 3.05) is 19.8 Å². The summed E-state index contributed by atoms with van der Waals surface area (Å²) in [5.74, 6) is 1.49. The Morgan fingerprint density at radius 3 is 2.33 bits per heavy atom. The zero-order valence-corrected chi connectivity index (χ0v) is 27.3. The van der Waals surface area contributed by atoms with Crippen molar-refractivity contribution in [3.05, 3.63) is 11.6 Å². The highest BCUT2D eigenvalue weighted by atomic mass is 16.7. The Morgan fingerprint density at radius 1 is 0.850 bits per heavy atom. The fourth-order valence-corrected chi connectivity index (χ4v) is 12.1. The quantitative estimate of drug-likeness (QED) is 0.279. The van der Waals surface area contributed by atoms with E-state index in [2.05, 4.69) is 68.4 Å². The maximum Gasteiger partial charge on any atom is 0.163 e. The fraction of sp³-hybridized carbons (Fsp3) is 0.944. The van der Waals surface area contributed by atoms with E-state index in [1.165, 1.54) is 44.9 Å². The largest absolute Gasteiger partial charge is 0.396 e. The number of aliphatic hydroxyl groups is 1. The molecule has 0 radical (unpaired) electrons. The van der Waals surface area contributed by atoms with Crippen molar-refractivity contribution in [3.63, 3.8) is 0 Å². The third-order valence-electron chi connectivity index (χ3n) is 14.6.